The van der Waals surface area contributed by atoms with Crippen molar-refractivity contribution in [1.82, 2.24) is 10.1 Å². The predicted molar refractivity (Wildman–Crippen MR) is 72.4 cm³/mol. The first-order chi connectivity index (χ1) is 9.80. The van der Waals surface area contributed by atoms with Crippen molar-refractivity contribution in [1.29, 1.82) is 0 Å². The van der Waals surface area contributed by atoms with Crippen LogP contribution in [0, 0.1) is 5.92 Å². The van der Waals surface area contributed by atoms with Crippen LogP contribution >= 0.6 is 0 Å². The van der Waals surface area contributed by atoms with Crippen molar-refractivity contribution >= 4 is 0 Å². The Kier molecular flexibility index (Phi) is 3.56. The fourth-order valence-electron chi connectivity index (χ4n) is 1.87. The molecule has 2 N–H and O–H groups in total. The van der Waals surface area contributed by atoms with E-state index >= 15 is 0 Å². The van der Waals surface area contributed by atoms with Crippen LogP contribution in [0.3, 0.4) is 0 Å². The third-order valence-corrected chi connectivity index (χ3v) is 3.24. The van der Waals surface area contributed by atoms with Gasteiger partial charge < -0.3 is 19.7 Å². The van der Waals surface area contributed by atoms with E-state index in [1.807, 2.05) is 18.2 Å². The van der Waals surface area contributed by atoms with Crippen molar-refractivity contribution in [2.24, 2.45) is 11.7 Å². The third-order valence-electron chi connectivity index (χ3n) is 3.24. The molecule has 0 unspecified atom stereocenters. The molecule has 6 nitrogen and oxygen atoms in total. The van der Waals surface area contributed by atoms with Crippen molar-refractivity contribution in [3.05, 3.63) is 24.1 Å². The Morgan fingerprint density at radius 2 is 2.20 bits per heavy atom. The fourth-order valence-corrected chi connectivity index (χ4v) is 1.87. The summed E-state index contributed by atoms with van der Waals surface area (Å²) >= 11 is 0. The number of nitrogens with two attached hydrogens (primary N) is 1. The lowest BCUT2D eigenvalue weighted by Crippen LogP contribution is -2.01. The molecule has 106 valence electrons. The van der Waals surface area contributed by atoms with Gasteiger partial charge in [0.05, 0.1) is 20.3 Å². The first-order valence-corrected chi connectivity index (χ1v) is 6.64. The molecular weight excluding hydrogens is 258 g/mol. The largest absolute Gasteiger partial charge is 0.493 e. The van der Waals surface area contributed by atoms with Gasteiger partial charge in [0.1, 0.15) is 0 Å². The van der Waals surface area contributed by atoms with Gasteiger partial charge >= 0.3 is 0 Å². The molecule has 3 rings (SSSR count). The minimum absolute atomic E-state index is 0.229. The van der Waals surface area contributed by atoms with Crippen LogP contribution in [0.2, 0.25) is 0 Å². The molecule has 0 amide bonds. The second kappa shape index (κ2) is 5.50. The molecule has 1 heterocycles. The van der Waals surface area contributed by atoms with Crippen molar-refractivity contribution in [3.63, 3.8) is 0 Å². The van der Waals surface area contributed by atoms with Crippen LogP contribution in [0.15, 0.2) is 22.7 Å². The maximum atomic E-state index is 5.76. The van der Waals surface area contributed by atoms with Gasteiger partial charge in [0, 0.05) is 5.56 Å². The summed E-state index contributed by atoms with van der Waals surface area (Å²) in [6, 6.07) is 5.60. The van der Waals surface area contributed by atoms with Gasteiger partial charge in [-0.1, -0.05) is 5.16 Å². The van der Waals surface area contributed by atoms with E-state index in [1.165, 1.54) is 12.8 Å². The Hall–Kier alpha value is -2.08. The molecule has 1 aromatic heterocycles. The SMILES string of the molecule is COc1cc(-c2noc(CN)n2)ccc1OCC1CC1. The highest BCUT2D eigenvalue weighted by Crippen LogP contribution is 2.34. The molecule has 0 bridgehead atoms. The lowest BCUT2D eigenvalue weighted by Gasteiger charge is -2.10. The highest BCUT2D eigenvalue weighted by Gasteiger charge is 2.22. The van der Waals surface area contributed by atoms with E-state index in [0.717, 1.165) is 17.9 Å². The van der Waals surface area contributed by atoms with Crippen LogP contribution in [0.1, 0.15) is 18.7 Å². The van der Waals surface area contributed by atoms with Gasteiger partial charge in [-0.25, -0.2) is 0 Å². The standard InChI is InChI=1S/C14H17N3O3/c1-18-12-6-10(14-16-13(7-15)20-17-14)4-5-11(12)19-8-9-2-3-9/h4-6,9H,2-3,7-8,15H2,1H3. The molecule has 1 aliphatic carbocycles. The van der Waals surface area contributed by atoms with Crippen LogP contribution in [0.25, 0.3) is 11.4 Å². The zero-order valence-electron chi connectivity index (χ0n) is 11.3. The molecule has 1 aliphatic rings. The first-order valence-electron chi connectivity index (χ1n) is 6.64. The van der Waals surface area contributed by atoms with Gasteiger partial charge in [-0.3, -0.25) is 0 Å². The second-order valence-electron chi connectivity index (χ2n) is 4.84. The van der Waals surface area contributed by atoms with E-state index < -0.39 is 0 Å². The van der Waals surface area contributed by atoms with Gasteiger partial charge in [-0.15, -0.1) is 0 Å². The number of rotatable bonds is 6. The Bertz CT molecular complexity index is 593. The van der Waals surface area contributed by atoms with Crippen molar-refractivity contribution < 1.29 is 14.0 Å². The molecular formula is C14H17N3O3. The van der Waals surface area contributed by atoms with Crippen molar-refractivity contribution in [2.75, 3.05) is 13.7 Å². The molecule has 1 aromatic carbocycles. The number of aromatic nitrogens is 2. The van der Waals surface area contributed by atoms with Crippen LogP contribution in [-0.4, -0.2) is 23.9 Å². The predicted octanol–water partition coefficient (Wildman–Crippen LogP) is 1.99. The molecule has 0 atom stereocenters. The molecule has 0 aliphatic heterocycles. The van der Waals surface area contributed by atoms with Gasteiger partial charge in [0.2, 0.25) is 11.7 Å². The molecule has 6 heteroatoms. The van der Waals surface area contributed by atoms with Crippen molar-refractivity contribution in [3.8, 4) is 22.9 Å². The van der Waals surface area contributed by atoms with Crippen LogP contribution in [0.4, 0.5) is 0 Å². The number of nitrogens with zero attached hydrogens (tertiary/aromatic N) is 2. The maximum absolute atomic E-state index is 5.76. The summed E-state index contributed by atoms with van der Waals surface area (Å²) < 4.78 is 16.1. The quantitative estimate of drug-likeness (QED) is 0.868. The zero-order chi connectivity index (χ0) is 13.9. The first kappa shape index (κ1) is 12.9. The van der Waals surface area contributed by atoms with Crippen molar-refractivity contribution in [2.45, 2.75) is 19.4 Å². The lowest BCUT2D eigenvalue weighted by atomic mass is 10.2. The van der Waals surface area contributed by atoms with Gasteiger partial charge in [0.15, 0.2) is 11.5 Å². The Morgan fingerprint density at radius 3 is 2.85 bits per heavy atom. The lowest BCUT2D eigenvalue weighted by molar-refractivity contribution is 0.280. The topological polar surface area (TPSA) is 83.4 Å². The van der Waals surface area contributed by atoms with E-state index in [-0.39, 0.29) is 6.54 Å². The summed E-state index contributed by atoms with van der Waals surface area (Å²) in [4.78, 5) is 4.19. The zero-order valence-corrected chi connectivity index (χ0v) is 11.3. The smallest absolute Gasteiger partial charge is 0.240 e. The van der Waals surface area contributed by atoms with Crippen LogP contribution in [-0.2, 0) is 6.54 Å². The summed E-state index contributed by atoms with van der Waals surface area (Å²) in [6.07, 6.45) is 2.51. The van der Waals surface area contributed by atoms with Crippen LogP contribution in [0.5, 0.6) is 11.5 Å². The number of benzene rings is 1. The molecule has 0 radical (unpaired) electrons. The maximum Gasteiger partial charge on any atom is 0.240 e. The third kappa shape index (κ3) is 2.75. The number of hydrogen-bond acceptors (Lipinski definition) is 6. The van der Waals surface area contributed by atoms with E-state index in [0.29, 0.717) is 23.4 Å². The minimum atomic E-state index is 0.229. The Morgan fingerprint density at radius 1 is 1.35 bits per heavy atom. The molecule has 0 saturated heterocycles. The average molecular weight is 275 g/mol. The van der Waals surface area contributed by atoms with Gasteiger partial charge in [-0.05, 0) is 37.0 Å². The number of ether oxygens (including phenoxy) is 2. The molecule has 20 heavy (non-hydrogen) atoms. The van der Waals surface area contributed by atoms with E-state index in [2.05, 4.69) is 10.1 Å². The van der Waals surface area contributed by atoms with E-state index in [1.54, 1.807) is 7.11 Å². The number of hydrogen-bond donors (Lipinski definition) is 1. The molecule has 0 spiro atoms. The normalized spacial score (nSPS) is 14.3. The van der Waals surface area contributed by atoms with Crippen LogP contribution < -0.4 is 15.2 Å². The summed E-state index contributed by atoms with van der Waals surface area (Å²) in [5.74, 6) is 3.02. The average Bonchev–Trinajstić information content (AvgIpc) is 3.20. The molecule has 2 aromatic rings. The van der Waals surface area contributed by atoms with Gasteiger partial charge in [0.25, 0.3) is 0 Å². The summed E-state index contributed by atoms with van der Waals surface area (Å²) in [7, 11) is 1.62. The summed E-state index contributed by atoms with van der Waals surface area (Å²) in [5, 5.41) is 3.88. The summed E-state index contributed by atoms with van der Waals surface area (Å²) in [5.41, 5.74) is 6.26. The monoisotopic (exact) mass is 275 g/mol. The van der Waals surface area contributed by atoms with E-state index in [9.17, 15) is 0 Å². The highest BCUT2D eigenvalue weighted by molar-refractivity contribution is 5.60. The Balaban J connectivity index is 1.81. The second-order valence-corrected chi connectivity index (χ2v) is 4.84. The fraction of sp³-hybridized carbons (Fsp3) is 0.429. The summed E-state index contributed by atoms with van der Waals surface area (Å²) in [6.45, 7) is 0.974. The number of methoxy groups -OCH3 is 1. The van der Waals surface area contributed by atoms with E-state index in [4.69, 9.17) is 19.7 Å². The highest BCUT2D eigenvalue weighted by atomic mass is 16.5. The Labute approximate surface area is 116 Å². The van der Waals surface area contributed by atoms with Gasteiger partial charge in [-0.2, -0.15) is 4.98 Å². The minimum Gasteiger partial charge on any atom is -0.493 e. The molecule has 1 saturated carbocycles. The molecule has 1 fully saturated rings.